The molecular formula is C24H21FN8O4. The van der Waals surface area contributed by atoms with E-state index in [9.17, 15) is 14.0 Å². The van der Waals surface area contributed by atoms with Gasteiger partial charge in [-0.1, -0.05) is 6.07 Å². The first-order chi connectivity index (χ1) is 17.9. The van der Waals surface area contributed by atoms with Gasteiger partial charge in [-0.2, -0.15) is 9.61 Å². The molecule has 2 aliphatic rings. The van der Waals surface area contributed by atoms with E-state index in [0.29, 0.717) is 28.2 Å². The van der Waals surface area contributed by atoms with E-state index >= 15 is 0 Å². The maximum atomic E-state index is 14.1. The zero-order chi connectivity index (χ0) is 25.7. The Morgan fingerprint density at radius 3 is 2.89 bits per heavy atom. The summed E-state index contributed by atoms with van der Waals surface area (Å²) < 4.78 is 26.5. The number of nitrogens with zero attached hydrogens (tertiary/aromatic N) is 4. The molecule has 0 fully saturated rings. The van der Waals surface area contributed by atoms with Gasteiger partial charge in [-0.25, -0.2) is 19.2 Å². The van der Waals surface area contributed by atoms with Gasteiger partial charge in [-0.05, 0) is 30.7 Å². The van der Waals surface area contributed by atoms with Crippen LogP contribution in [0, 0.1) is 5.82 Å². The molecular weight excluding hydrogens is 483 g/mol. The van der Waals surface area contributed by atoms with Crippen molar-refractivity contribution < 1.29 is 23.5 Å². The number of hydrogen-bond acceptors (Lipinski definition) is 9. The maximum Gasteiger partial charge on any atom is 0.411 e. The van der Waals surface area contributed by atoms with Crippen molar-refractivity contribution in [2.45, 2.75) is 26.2 Å². The van der Waals surface area contributed by atoms with Gasteiger partial charge in [0.1, 0.15) is 35.7 Å². The summed E-state index contributed by atoms with van der Waals surface area (Å²) in [4.78, 5) is 33.3. The highest BCUT2D eigenvalue weighted by Gasteiger charge is 2.24. The highest BCUT2D eigenvalue weighted by molar-refractivity contribution is 6.01. The lowest BCUT2D eigenvalue weighted by Crippen LogP contribution is -2.33. The Balaban J connectivity index is 1.52. The molecule has 1 atom stereocenters. The molecule has 2 bridgehead atoms. The highest BCUT2D eigenvalue weighted by Crippen LogP contribution is 2.37. The lowest BCUT2D eigenvalue weighted by atomic mass is 10.0. The molecule has 1 aromatic carbocycles. The third-order valence-electron chi connectivity index (χ3n) is 6.12. The van der Waals surface area contributed by atoms with Gasteiger partial charge in [0.25, 0.3) is 5.91 Å². The van der Waals surface area contributed by atoms with Gasteiger partial charge in [0.2, 0.25) is 5.88 Å². The van der Waals surface area contributed by atoms with Crippen molar-refractivity contribution in [1.82, 2.24) is 24.9 Å². The summed E-state index contributed by atoms with van der Waals surface area (Å²) in [5, 5.41) is 13.0. The Labute approximate surface area is 209 Å². The third kappa shape index (κ3) is 3.99. The van der Waals surface area contributed by atoms with E-state index in [-0.39, 0.29) is 42.6 Å². The number of nitrogens with one attached hydrogen (secondary N) is 3. The van der Waals surface area contributed by atoms with Crippen LogP contribution in [-0.2, 0) is 17.9 Å². The number of carbonyl (C=O) groups is 2. The fourth-order valence-electron chi connectivity index (χ4n) is 4.31. The number of ether oxygens (including phenoxy) is 2. The number of aromatic nitrogens is 4. The molecule has 2 aliphatic heterocycles. The summed E-state index contributed by atoms with van der Waals surface area (Å²) in [6.45, 7) is 2.15. The fraction of sp³-hybridized carbons (Fsp3) is 0.208. The zero-order valence-electron chi connectivity index (χ0n) is 19.5. The predicted octanol–water partition coefficient (Wildman–Crippen LogP) is 2.70. The maximum absolute atomic E-state index is 14.1. The number of benzene rings is 1. The Kier molecular flexibility index (Phi) is 5.25. The first-order valence-corrected chi connectivity index (χ1v) is 11.4. The van der Waals surface area contributed by atoms with E-state index in [0.717, 1.165) is 11.8 Å². The van der Waals surface area contributed by atoms with Crippen LogP contribution < -0.4 is 26.4 Å². The molecule has 2 amide bonds. The summed E-state index contributed by atoms with van der Waals surface area (Å²) in [6.07, 6.45) is 1.50. The second-order valence-electron chi connectivity index (χ2n) is 8.70. The lowest BCUT2D eigenvalue weighted by molar-refractivity contribution is 0.0932. The summed E-state index contributed by atoms with van der Waals surface area (Å²) >= 11 is 0. The summed E-state index contributed by atoms with van der Waals surface area (Å²) in [5.74, 6) is -0.126. The minimum atomic E-state index is -0.527. The molecule has 12 nitrogen and oxygen atoms in total. The van der Waals surface area contributed by atoms with Crippen LogP contribution in [0.25, 0.3) is 16.8 Å². The van der Waals surface area contributed by atoms with Crippen LogP contribution in [0.15, 0.2) is 36.7 Å². The van der Waals surface area contributed by atoms with Crippen molar-refractivity contribution in [3.8, 4) is 17.0 Å². The van der Waals surface area contributed by atoms with Crippen molar-refractivity contribution in [2.24, 2.45) is 0 Å². The van der Waals surface area contributed by atoms with Gasteiger partial charge >= 0.3 is 6.09 Å². The number of halogens is 1. The van der Waals surface area contributed by atoms with Crippen molar-refractivity contribution in [2.75, 3.05) is 22.9 Å². The molecule has 5 N–H and O–H groups in total. The molecule has 0 spiro atoms. The van der Waals surface area contributed by atoms with Gasteiger partial charge < -0.3 is 25.8 Å². The van der Waals surface area contributed by atoms with E-state index in [4.69, 9.17) is 20.2 Å². The van der Waals surface area contributed by atoms with Crippen LogP contribution in [0.1, 0.15) is 28.4 Å². The van der Waals surface area contributed by atoms with Gasteiger partial charge in [-0.15, -0.1) is 0 Å². The van der Waals surface area contributed by atoms with E-state index in [2.05, 4.69) is 26.0 Å². The minimum Gasteiger partial charge on any atom is -0.473 e. The topological polar surface area (TPSA) is 158 Å². The normalized spacial score (nSPS) is 17.1. The first-order valence-electron chi connectivity index (χ1n) is 11.4. The first kappa shape index (κ1) is 22.5. The number of fused-ring (bicyclic) bond motifs is 3. The van der Waals surface area contributed by atoms with Crippen LogP contribution >= 0.6 is 0 Å². The Morgan fingerprint density at radius 2 is 2.03 bits per heavy atom. The van der Waals surface area contributed by atoms with E-state index in [1.165, 1.54) is 16.8 Å². The van der Waals surface area contributed by atoms with Crippen molar-refractivity contribution >= 4 is 35.0 Å². The standard InChI is InChI=1S/C24H21FN8O4/c1-11-6-28-22(34)16-9-30-33-19(26)18(12-2-3-17-14(4-12)10-36-24(35)31-17)20(32-21(16)33)27-7-13-5-15(25)8-29-23(13)37-11/h2-5,8-9,11H,6-7,10,26H2,1H3,(H,27,32)(H,28,34)(H,31,35)/t11-/m0/s1. The molecule has 4 aromatic rings. The average molecular weight is 504 g/mol. The average Bonchev–Trinajstić information content (AvgIpc) is 3.31. The largest absolute Gasteiger partial charge is 0.473 e. The number of pyridine rings is 1. The van der Waals surface area contributed by atoms with Crippen LogP contribution in [-0.4, -0.2) is 44.2 Å². The molecule has 0 unspecified atom stereocenters. The SMILES string of the molecule is C[C@H]1CNC(=O)c2cnn3c(N)c(-c4ccc5c(c4)COC(=O)N5)c(nc23)NCc2cc(F)cnc2O1. The molecule has 3 aromatic heterocycles. The van der Waals surface area contributed by atoms with Crippen LogP contribution in [0.5, 0.6) is 5.88 Å². The van der Waals surface area contributed by atoms with E-state index < -0.39 is 23.9 Å². The van der Waals surface area contributed by atoms with Crippen LogP contribution in [0.4, 0.5) is 26.5 Å². The van der Waals surface area contributed by atoms with Gasteiger partial charge in [0, 0.05) is 17.7 Å². The quantitative estimate of drug-likeness (QED) is 0.306. The molecule has 188 valence electrons. The Bertz CT molecular complexity index is 1590. The van der Waals surface area contributed by atoms with Crippen LogP contribution in [0.3, 0.4) is 0 Å². The Morgan fingerprint density at radius 1 is 1.16 bits per heavy atom. The monoisotopic (exact) mass is 504 g/mol. The van der Waals surface area contributed by atoms with Crippen molar-refractivity contribution in [1.29, 1.82) is 0 Å². The number of nitrogens with two attached hydrogens (primary N) is 1. The molecule has 13 heteroatoms. The summed E-state index contributed by atoms with van der Waals surface area (Å²) in [6, 6.07) is 6.67. The number of cyclic esters (lactones) is 1. The zero-order valence-corrected chi connectivity index (χ0v) is 19.5. The molecule has 0 saturated heterocycles. The lowest BCUT2D eigenvalue weighted by Gasteiger charge is -2.20. The molecule has 5 heterocycles. The van der Waals surface area contributed by atoms with Gasteiger partial charge in [-0.3, -0.25) is 10.1 Å². The molecule has 6 rings (SSSR count). The second kappa shape index (κ2) is 8.62. The number of rotatable bonds is 1. The van der Waals surface area contributed by atoms with Crippen LogP contribution in [0.2, 0.25) is 0 Å². The number of hydrogen-bond donors (Lipinski definition) is 4. The highest BCUT2D eigenvalue weighted by atomic mass is 19.1. The molecule has 0 saturated carbocycles. The fourth-order valence-corrected chi connectivity index (χ4v) is 4.31. The number of nitrogen functional groups attached to an aromatic ring is 1. The number of amides is 2. The number of carbonyl (C=O) groups excluding carboxylic acids is 2. The predicted molar refractivity (Wildman–Crippen MR) is 131 cm³/mol. The molecule has 37 heavy (non-hydrogen) atoms. The van der Waals surface area contributed by atoms with Crippen molar-refractivity contribution in [3.63, 3.8) is 0 Å². The van der Waals surface area contributed by atoms with E-state index in [1.54, 1.807) is 19.1 Å². The molecule has 0 radical (unpaired) electrons. The molecule has 0 aliphatic carbocycles. The minimum absolute atomic E-state index is 0.0906. The summed E-state index contributed by atoms with van der Waals surface area (Å²) in [5.41, 5.74) is 10.1. The third-order valence-corrected chi connectivity index (χ3v) is 6.12. The van der Waals surface area contributed by atoms with Gasteiger partial charge in [0.15, 0.2) is 5.65 Å². The second-order valence-corrected chi connectivity index (χ2v) is 8.70. The van der Waals surface area contributed by atoms with E-state index in [1.807, 2.05) is 6.07 Å². The smallest absolute Gasteiger partial charge is 0.411 e. The Hall–Kier alpha value is -4.94. The summed E-state index contributed by atoms with van der Waals surface area (Å²) in [7, 11) is 0. The van der Waals surface area contributed by atoms with Crippen molar-refractivity contribution in [3.05, 3.63) is 59.2 Å². The van der Waals surface area contributed by atoms with Gasteiger partial charge in [0.05, 0.1) is 30.2 Å². The number of anilines is 3.